The molecule has 0 bridgehead atoms. The molecule has 4 heteroatoms. The summed E-state index contributed by atoms with van der Waals surface area (Å²) in [5.41, 5.74) is 4.35. The Labute approximate surface area is 119 Å². The van der Waals surface area contributed by atoms with E-state index >= 15 is 0 Å². The van der Waals surface area contributed by atoms with Crippen molar-refractivity contribution in [1.29, 1.82) is 0 Å². The molecule has 2 nitrogen and oxygen atoms in total. The zero-order valence-electron chi connectivity index (χ0n) is 11.7. The predicted molar refractivity (Wildman–Crippen MR) is 77.0 cm³/mol. The average Bonchev–Trinajstić information content (AvgIpc) is 2.41. The van der Waals surface area contributed by atoms with E-state index in [0.29, 0.717) is 12.0 Å². The highest BCUT2D eigenvalue weighted by molar-refractivity contribution is 5.23. The van der Waals surface area contributed by atoms with Crippen LogP contribution in [0.4, 0.5) is 8.78 Å². The van der Waals surface area contributed by atoms with Crippen LogP contribution in [0, 0.1) is 11.6 Å². The van der Waals surface area contributed by atoms with Gasteiger partial charge in [-0.2, -0.15) is 0 Å². The standard InChI is InChI=1S/C16H22F2N2/c17-14-10-6-9-13(16(14)18)11-15(20-19)12-7-4-2-1-3-5-8-12/h6-7,9-10,15,20H,1-5,8,11,19H2/b12-7+. The molecular weight excluding hydrogens is 258 g/mol. The fraction of sp³-hybridized carbons (Fsp3) is 0.500. The van der Waals surface area contributed by atoms with Crippen molar-refractivity contribution >= 4 is 0 Å². The molecule has 1 atom stereocenters. The molecule has 1 aliphatic carbocycles. The van der Waals surface area contributed by atoms with Gasteiger partial charge in [-0.1, -0.05) is 36.6 Å². The molecule has 0 saturated heterocycles. The molecule has 0 amide bonds. The van der Waals surface area contributed by atoms with Crippen LogP contribution in [0.25, 0.3) is 0 Å². The molecule has 0 fully saturated rings. The molecule has 0 saturated carbocycles. The number of rotatable bonds is 4. The van der Waals surface area contributed by atoms with Crippen LogP contribution in [0.2, 0.25) is 0 Å². The molecule has 1 aliphatic rings. The lowest BCUT2D eigenvalue weighted by Crippen LogP contribution is -2.38. The molecule has 2 rings (SSSR count). The first kappa shape index (κ1) is 15.1. The molecule has 1 aromatic carbocycles. The van der Waals surface area contributed by atoms with Crippen LogP contribution in [0.3, 0.4) is 0 Å². The Bertz CT molecular complexity index is 472. The first-order valence-electron chi connectivity index (χ1n) is 7.30. The Kier molecular flexibility index (Phi) is 5.68. The number of nitrogens with one attached hydrogen (secondary N) is 1. The fourth-order valence-electron chi connectivity index (χ4n) is 2.76. The molecule has 110 valence electrons. The molecule has 3 N–H and O–H groups in total. The van der Waals surface area contributed by atoms with Crippen molar-refractivity contribution in [3.8, 4) is 0 Å². The lowest BCUT2D eigenvalue weighted by molar-refractivity contribution is 0.483. The van der Waals surface area contributed by atoms with Gasteiger partial charge in [-0.15, -0.1) is 0 Å². The number of hydrogen-bond acceptors (Lipinski definition) is 2. The summed E-state index contributed by atoms with van der Waals surface area (Å²) < 4.78 is 27.0. The third-order valence-electron chi connectivity index (χ3n) is 3.93. The Balaban J connectivity index is 2.13. The summed E-state index contributed by atoms with van der Waals surface area (Å²) in [5.74, 6) is 4.06. The number of hydrogen-bond donors (Lipinski definition) is 2. The van der Waals surface area contributed by atoms with Gasteiger partial charge < -0.3 is 0 Å². The van der Waals surface area contributed by atoms with E-state index in [9.17, 15) is 8.78 Å². The van der Waals surface area contributed by atoms with E-state index in [1.165, 1.54) is 30.9 Å². The maximum atomic E-state index is 13.7. The van der Waals surface area contributed by atoms with Crippen LogP contribution in [0.5, 0.6) is 0 Å². The van der Waals surface area contributed by atoms with Crippen molar-refractivity contribution in [1.82, 2.24) is 5.43 Å². The Hall–Kier alpha value is -1.26. The van der Waals surface area contributed by atoms with Gasteiger partial charge in [-0.25, -0.2) is 8.78 Å². The first-order valence-corrected chi connectivity index (χ1v) is 7.30. The maximum absolute atomic E-state index is 13.7. The lowest BCUT2D eigenvalue weighted by Gasteiger charge is -2.22. The highest BCUT2D eigenvalue weighted by atomic mass is 19.2. The van der Waals surface area contributed by atoms with Gasteiger partial charge in [-0.05, 0) is 43.7 Å². The smallest absolute Gasteiger partial charge is 0.162 e. The summed E-state index contributed by atoms with van der Waals surface area (Å²) in [7, 11) is 0. The zero-order chi connectivity index (χ0) is 14.4. The lowest BCUT2D eigenvalue weighted by atomic mass is 9.91. The van der Waals surface area contributed by atoms with Gasteiger partial charge in [0, 0.05) is 6.04 Å². The van der Waals surface area contributed by atoms with E-state index in [2.05, 4.69) is 11.5 Å². The van der Waals surface area contributed by atoms with Gasteiger partial charge in [0.1, 0.15) is 0 Å². The summed E-state index contributed by atoms with van der Waals surface area (Å²) in [6.45, 7) is 0. The molecule has 1 aromatic rings. The topological polar surface area (TPSA) is 38.0 Å². The maximum Gasteiger partial charge on any atom is 0.162 e. The fourth-order valence-corrected chi connectivity index (χ4v) is 2.76. The predicted octanol–water partition coefficient (Wildman–Crippen LogP) is 3.62. The van der Waals surface area contributed by atoms with Gasteiger partial charge in [-0.3, -0.25) is 11.3 Å². The second-order valence-corrected chi connectivity index (χ2v) is 5.37. The minimum absolute atomic E-state index is 0.121. The van der Waals surface area contributed by atoms with Crippen LogP contribution >= 0.6 is 0 Å². The number of hydrazine groups is 1. The Morgan fingerprint density at radius 3 is 2.75 bits per heavy atom. The van der Waals surface area contributed by atoms with Crippen molar-refractivity contribution in [2.24, 2.45) is 5.84 Å². The molecule has 0 heterocycles. The number of nitrogens with two attached hydrogens (primary N) is 1. The van der Waals surface area contributed by atoms with Crippen molar-refractivity contribution in [3.05, 3.63) is 47.0 Å². The number of halogens is 2. The number of benzene rings is 1. The van der Waals surface area contributed by atoms with Gasteiger partial charge >= 0.3 is 0 Å². The van der Waals surface area contributed by atoms with Gasteiger partial charge in [0.15, 0.2) is 11.6 Å². The van der Waals surface area contributed by atoms with Gasteiger partial charge in [0.25, 0.3) is 0 Å². The quantitative estimate of drug-likeness (QED) is 0.502. The van der Waals surface area contributed by atoms with Crippen LogP contribution in [0.15, 0.2) is 29.8 Å². The van der Waals surface area contributed by atoms with Gasteiger partial charge in [0.2, 0.25) is 0 Å². The summed E-state index contributed by atoms with van der Waals surface area (Å²) in [5, 5.41) is 0. The molecule has 1 unspecified atom stereocenters. The highest BCUT2D eigenvalue weighted by Crippen LogP contribution is 2.22. The Morgan fingerprint density at radius 2 is 1.95 bits per heavy atom. The molecule has 0 spiro atoms. The van der Waals surface area contributed by atoms with Crippen LogP contribution in [-0.4, -0.2) is 6.04 Å². The van der Waals surface area contributed by atoms with E-state index in [4.69, 9.17) is 5.84 Å². The third-order valence-corrected chi connectivity index (χ3v) is 3.93. The molecule has 0 aliphatic heterocycles. The third kappa shape index (κ3) is 3.87. The van der Waals surface area contributed by atoms with E-state index in [1.54, 1.807) is 6.07 Å². The highest BCUT2D eigenvalue weighted by Gasteiger charge is 2.17. The SMILES string of the molecule is NNC(Cc1cccc(F)c1F)/C1=C/CCCCCC1. The van der Waals surface area contributed by atoms with Crippen LogP contribution in [0.1, 0.15) is 44.1 Å². The molecule has 0 radical (unpaired) electrons. The Morgan fingerprint density at radius 1 is 1.15 bits per heavy atom. The van der Waals surface area contributed by atoms with Crippen LogP contribution < -0.4 is 11.3 Å². The van der Waals surface area contributed by atoms with E-state index in [1.807, 2.05) is 0 Å². The minimum Gasteiger partial charge on any atom is -0.271 e. The summed E-state index contributed by atoms with van der Waals surface area (Å²) >= 11 is 0. The normalized spacial score (nSPS) is 20.6. The second kappa shape index (κ2) is 7.50. The van der Waals surface area contributed by atoms with E-state index in [0.717, 1.165) is 25.3 Å². The zero-order valence-corrected chi connectivity index (χ0v) is 11.7. The first-order chi connectivity index (χ1) is 9.72. The summed E-state index contributed by atoms with van der Waals surface area (Å²) in [6.07, 6.45) is 9.43. The van der Waals surface area contributed by atoms with E-state index in [-0.39, 0.29) is 6.04 Å². The molecule has 20 heavy (non-hydrogen) atoms. The van der Waals surface area contributed by atoms with Crippen molar-refractivity contribution < 1.29 is 8.78 Å². The van der Waals surface area contributed by atoms with Gasteiger partial charge in [0.05, 0.1) is 0 Å². The number of allylic oxidation sites excluding steroid dienone is 1. The average molecular weight is 280 g/mol. The van der Waals surface area contributed by atoms with Crippen LogP contribution in [-0.2, 0) is 6.42 Å². The molecular formula is C16H22F2N2. The summed E-state index contributed by atoms with van der Waals surface area (Å²) in [4.78, 5) is 0. The van der Waals surface area contributed by atoms with Crippen molar-refractivity contribution in [2.75, 3.05) is 0 Å². The minimum atomic E-state index is -0.801. The monoisotopic (exact) mass is 280 g/mol. The second-order valence-electron chi connectivity index (χ2n) is 5.37. The van der Waals surface area contributed by atoms with E-state index < -0.39 is 11.6 Å². The summed E-state index contributed by atoms with van der Waals surface area (Å²) in [6, 6.07) is 4.17. The molecule has 0 aromatic heterocycles. The van der Waals surface area contributed by atoms with Crippen molar-refractivity contribution in [3.63, 3.8) is 0 Å². The van der Waals surface area contributed by atoms with Crippen molar-refractivity contribution in [2.45, 2.75) is 51.0 Å². The largest absolute Gasteiger partial charge is 0.271 e.